The molecule has 1 saturated heterocycles. The van der Waals surface area contributed by atoms with Crippen molar-refractivity contribution in [1.29, 1.82) is 0 Å². The number of hydrogen-bond donors (Lipinski definition) is 1. The lowest BCUT2D eigenvalue weighted by molar-refractivity contribution is -0.146. The van der Waals surface area contributed by atoms with E-state index < -0.39 is 5.97 Å². The van der Waals surface area contributed by atoms with Gasteiger partial charge in [0, 0.05) is 26.2 Å². The molecule has 86 valence electrons. The van der Waals surface area contributed by atoms with Crippen molar-refractivity contribution < 1.29 is 14.7 Å². The van der Waals surface area contributed by atoms with Crippen molar-refractivity contribution in [1.82, 2.24) is 9.80 Å². The van der Waals surface area contributed by atoms with Gasteiger partial charge in [-0.05, 0) is 13.3 Å². The molecule has 0 radical (unpaired) electrons. The molecule has 0 aromatic carbocycles. The highest BCUT2D eigenvalue weighted by atomic mass is 16.4. The fourth-order valence-corrected chi connectivity index (χ4v) is 1.48. The molecular weight excluding hydrogens is 196 g/mol. The third kappa shape index (κ3) is 2.40. The Kier molecular flexibility index (Phi) is 3.55. The summed E-state index contributed by atoms with van der Waals surface area (Å²) in [5.41, 5.74) is 0. The molecule has 1 N–H and O–H groups in total. The highest BCUT2D eigenvalue weighted by Gasteiger charge is 2.37. The molecule has 2 amide bonds. The van der Waals surface area contributed by atoms with Crippen molar-refractivity contribution in [3.8, 4) is 0 Å². The third-order valence-corrected chi connectivity index (χ3v) is 3.06. The fourth-order valence-electron chi connectivity index (χ4n) is 1.48. The van der Waals surface area contributed by atoms with Gasteiger partial charge in [-0.2, -0.15) is 0 Å². The lowest BCUT2D eigenvalue weighted by atomic mass is 10.0. The number of urea groups is 1. The maximum Gasteiger partial charge on any atom is 0.320 e. The van der Waals surface area contributed by atoms with Crippen LogP contribution in [0.15, 0.2) is 0 Å². The summed E-state index contributed by atoms with van der Waals surface area (Å²) in [4.78, 5) is 25.5. The van der Waals surface area contributed by atoms with Gasteiger partial charge in [-0.3, -0.25) is 4.79 Å². The first kappa shape index (κ1) is 11.8. The fraction of sp³-hybridized carbons (Fsp3) is 0.800. The van der Waals surface area contributed by atoms with Gasteiger partial charge in [-0.15, -0.1) is 0 Å². The number of carbonyl (C=O) groups excluding carboxylic acids is 1. The quantitative estimate of drug-likeness (QED) is 0.757. The van der Waals surface area contributed by atoms with E-state index in [0.717, 1.165) is 6.42 Å². The van der Waals surface area contributed by atoms with Crippen LogP contribution < -0.4 is 0 Å². The number of carboxylic acids is 1. The van der Waals surface area contributed by atoms with E-state index in [0.29, 0.717) is 13.1 Å². The van der Waals surface area contributed by atoms with Gasteiger partial charge in [-0.25, -0.2) is 4.79 Å². The van der Waals surface area contributed by atoms with Crippen LogP contribution in [0.1, 0.15) is 20.3 Å². The summed E-state index contributed by atoms with van der Waals surface area (Å²) in [5, 5.41) is 8.68. The largest absolute Gasteiger partial charge is 0.481 e. The molecule has 1 fully saturated rings. The van der Waals surface area contributed by atoms with Crippen molar-refractivity contribution >= 4 is 12.0 Å². The van der Waals surface area contributed by atoms with Crippen molar-refractivity contribution in [2.75, 3.05) is 20.1 Å². The Labute approximate surface area is 89.7 Å². The van der Waals surface area contributed by atoms with Gasteiger partial charge >= 0.3 is 12.0 Å². The third-order valence-electron chi connectivity index (χ3n) is 3.06. The van der Waals surface area contributed by atoms with E-state index in [1.807, 2.05) is 13.8 Å². The lowest BCUT2D eigenvalue weighted by Gasteiger charge is -2.40. The molecule has 5 heteroatoms. The van der Waals surface area contributed by atoms with E-state index >= 15 is 0 Å². The minimum atomic E-state index is -0.815. The van der Waals surface area contributed by atoms with Crippen LogP contribution >= 0.6 is 0 Å². The first-order valence-corrected chi connectivity index (χ1v) is 5.21. The summed E-state index contributed by atoms with van der Waals surface area (Å²) < 4.78 is 0. The first-order valence-electron chi connectivity index (χ1n) is 5.21. The van der Waals surface area contributed by atoms with Crippen LogP contribution in [0.2, 0.25) is 0 Å². The predicted molar refractivity (Wildman–Crippen MR) is 55.6 cm³/mol. The summed E-state index contributed by atoms with van der Waals surface area (Å²) >= 11 is 0. The van der Waals surface area contributed by atoms with Crippen LogP contribution in [0.5, 0.6) is 0 Å². The molecule has 1 unspecified atom stereocenters. The highest BCUT2D eigenvalue weighted by Crippen LogP contribution is 2.18. The van der Waals surface area contributed by atoms with E-state index in [4.69, 9.17) is 5.11 Å². The zero-order valence-corrected chi connectivity index (χ0v) is 9.43. The molecule has 0 aromatic rings. The number of nitrogens with zero attached hydrogens (tertiary/aromatic N) is 2. The Hall–Kier alpha value is -1.26. The maximum atomic E-state index is 11.8. The van der Waals surface area contributed by atoms with Gasteiger partial charge in [0.05, 0.1) is 5.92 Å². The molecule has 0 aliphatic carbocycles. The zero-order valence-electron chi connectivity index (χ0n) is 9.43. The number of aliphatic carboxylic acids is 1. The molecule has 0 saturated carbocycles. The summed E-state index contributed by atoms with van der Waals surface area (Å²) in [5.74, 6) is -1.19. The molecular formula is C10H18N2O3. The van der Waals surface area contributed by atoms with Crippen LogP contribution in [0, 0.1) is 5.92 Å². The maximum absolute atomic E-state index is 11.8. The van der Waals surface area contributed by atoms with Crippen LogP contribution in [0.4, 0.5) is 4.79 Å². The highest BCUT2D eigenvalue weighted by molar-refractivity contribution is 5.79. The molecule has 5 nitrogen and oxygen atoms in total. The van der Waals surface area contributed by atoms with Gasteiger partial charge in [0.25, 0.3) is 0 Å². The van der Waals surface area contributed by atoms with E-state index in [2.05, 4.69) is 0 Å². The molecule has 1 atom stereocenters. The number of rotatable bonds is 3. The number of amides is 2. The Morgan fingerprint density at radius 1 is 1.53 bits per heavy atom. The SMILES string of the molecule is CCC(C)N(C)C(=O)N1CC(C(=O)O)C1. The number of carboxylic acid groups (broad SMARTS) is 1. The second-order valence-electron chi connectivity index (χ2n) is 4.09. The monoisotopic (exact) mass is 214 g/mol. The predicted octanol–water partition coefficient (Wildman–Crippen LogP) is 0.853. The summed E-state index contributed by atoms with van der Waals surface area (Å²) in [6.07, 6.45) is 0.901. The standard InChI is InChI=1S/C10H18N2O3/c1-4-7(2)11(3)10(15)12-5-8(6-12)9(13)14/h7-8H,4-6H2,1-3H3,(H,13,14). The average Bonchev–Trinajstić information content (AvgIpc) is 2.12. The molecule has 1 heterocycles. The Balaban J connectivity index is 2.41. The molecule has 1 rings (SSSR count). The van der Waals surface area contributed by atoms with Crippen molar-refractivity contribution in [2.45, 2.75) is 26.3 Å². The first-order chi connectivity index (χ1) is 6.97. The van der Waals surface area contributed by atoms with Gasteiger partial charge in [0.2, 0.25) is 0 Å². The molecule has 0 aromatic heterocycles. The Morgan fingerprint density at radius 3 is 2.47 bits per heavy atom. The van der Waals surface area contributed by atoms with Gasteiger partial charge < -0.3 is 14.9 Å². The van der Waals surface area contributed by atoms with E-state index in [-0.39, 0.29) is 18.0 Å². The van der Waals surface area contributed by atoms with E-state index in [1.165, 1.54) is 0 Å². The Bertz CT molecular complexity index is 261. The van der Waals surface area contributed by atoms with Crippen molar-refractivity contribution in [3.05, 3.63) is 0 Å². The molecule has 0 bridgehead atoms. The van der Waals surface area contributed by atoms with Crippen LogP contribution in [-0.4, -0.2) is 53.1 Å². The number of carbonyl (C=O) groups is 2. The molecule has 1 aliphatic heterocycles. The summed E-state index contributed by atoms with van der Waals surface area (Å²) in [7, 11) is 1.75. The van der Waals surface area contributed by atoms with E-state index in [9.17, 15) is 9.59 Å². The molecule has 15 heavy (non-hydrogen) atoms. The van der Waals surface area contributed by atoms with Crippen LogP contribution in [0.25, 0.3) is 0 Å². The molecule has 1 aliphatic rings. The topological polar surface area (TPSA) is 60.9 Å². The van der Waals surface area contributed by atoms with Crippen molar-refractivity contribution in [3.63, 3.8) is 0 Å². The van der Waals surface area contributed by atoms with Crippen molar-refractivity contribution in [2.24, 2.45) is 5.92 Å². The zero-order chi connectivity index (χ0) is 11.6. The second-order valence-corrected chi connectivity index (χ2v) is 4.09. The second kappa shape index (κ2) is 4.51. The van der Waals surface area contributed by atoms with Crippen LogP contribution in [-0.2, 0) is 4.79 Å². The Morgan fingerprint density at radius 2 is 2.07 bits per heavy atom. The summed E-state index contributed by atoms with van der Waals surface area (Å²) in [6, 6.07) is 0.128. The average molecular weight is 214 g/mol. The van der Waals surface area contributed by atoms with Gasteiger partial charge in [-0.1, -0.05) is 6.92 Å². The van der Waals surface area contributed by atoms with Gasteiger partial charge in [0.15, 0.2) is 0 Å². The molecule has 0 spiro atoms. The normalized spacial score (nSPS) is 18.2. The smallest absolute Gasteiger partial charge is 0.320 e. The lowest BCUT2D eigenvalue weighted by Crippen LogP contribution is -2.57. The number of hydrogen-bond acceptors (Lipinski definition) is 2. The van der Waals surface area contributed by atoms with E-state index in [1.54, 1.807) is 16.8 Å². The summed E-state index contributed by atoms with van der Waals surface area (Å²) in [6.45, 7) is 4.68. The minimum absolute atomic E-state index is 0.0677. The minimum Gasteiger partial charge on any atom is -0.481 e. The van der Waals surface area contributed by atoms with Gasteiger partial charge in [0.1, 0.15) is 0 Å². The number of likely N-dealkylation sites (tertiary alicyclic amines) is 1. The van der Waals surface area contributed by atoms with Crippen LogP contribution in [0.3, 0.4) is 0 Å².